The van der Waals surface area contributed by atoms with Crippen LogP contribution in [0, 0.1) is 23.0 Å². The van der Waals surface area contributed by atoms with Crippen molar-refractivity contribution in [2.75, 3.05) is 25.5 Å². The molecule has 0 radical (unpaired) electrons. The summed E-state index contributed by atoms with van der Waals surface area (Å²) in [5.41, 5.74) is 1.42. The SMILES string of the molecule is CC(C)(C)OC(=O)N1CCC(CN(C(=O)CCl)C(c2cc(-c3cc(F)ccc3F)cn2Cc2ccccc2)C(C)(C)C)C1. The van der Waals surface area contributed by atoms with Gasteiger partial charge in [0.2, 0.25) is 5.91 Å². The molecule has 9 heteroatoms. The molecule has 0 bridgehead atoms. The Hall–Kier alpha value is -3.39. The van der Waals surface area contributed by atoms with Crippen molar-refractivity contribution in [2.45, 2.75) is 66.2 Å². The van der Waals surface area contributed by atoms with Gasteiger partial charge in [0.1, 0.15) is 23.1 Å². The molecule has 2 aromatic carbocycles. The van der Waals surface area contributed by atoms with Gasteiger partial charge in [-0.2, -0.15) is 0 Å². The standard InChI is InChI=1S/C34H42ClF2N3O3/c1-33(2,3)31(40(30(41)18-35)21-24-14-15-38(20-24)32(42)43-34(4,5)6)29-16-25(27-17-26(36)12-13-28(27)37)22-39(29)19-23-10-8-7-9-11-23/h7-13,16-17,22,24,31H,14-15,18-21H2,1-6H3. The maximum absolute atomic E-state index is 15.0. The van der Waals surface area contributed by atoms with E-state index in [2.05, 4.69) is 20.8 Å². The number of nitrogens with zero attached hydrogens (tertiary/aromatic N) is 3. The van der Waals surface area contributed by atoms with E-state index in [4.69, 9.17) is 16.3 Å². The molecule has 0 aliphatic carbocycles. The first kappa shape index (κ1) is 32.5. The van der Waals surface area contributed by atoms with E-state index >= 15 is 0 Å². The topological polar surface area (TPSA) is 54.8 Å². The summed E-state index contributed by atoms with van der Waals surface area (Å²) >= 11 is 6.20. The van der Waals surface area contributed by atoms with Gasteiger partial charge < -0.3 is 19.1 Å². The fourth-order valence-electron chi connectivity index (χ4n) is 5.79. The summed E-state index contributed by atoms with van der Waals surface area (Å²) in [4.78, 5) is 29.8. The first-order valence-electron chi connectivity index (χ1n) is 14.7. The van der Waals surface area contributed by atoms with Gasteiger partial charge in [-0.05, 0) is 68.4 Å². The van der Waals surface area contributed by atoms with Gasteiger partial charge in [-0.3, -0.25) is 4.79 Å². The number of alkyl halides is 1. The Morgan fingerprint density at radius 3 is 2.37 bits per heavy atom. The lowest BCUT2D eigenvalue weighted by atomic mass is 9.82. The molecule has 1 aromatic heterocycles. The van der Waals surface area contributed by atoms with Crippen LogP contribution in [0.1, 0.15) is 65.3 Å². The van der Waals surface area contributed by atoms with E-state index in [1.54, 1.807) is 9.80 Å². The predicted octanol–water partition coefficient (Wildman–Crippen LogP) is 7.89. The van der Waals surface area contributed by atoms with E-state index in [1.165, 1.54) is 6.07 Å². The molecular formula is C34H42ClF2N3O3. The minimum atomic E-state index is -0.601. The Balaban J connectivity index is 1.75. The first-order chi connectivity index (χ1) is 20.2. The number of likely N-dealkylation sites (tertiary alicyclic amines) is 1. The molecule has 1 aliphatic rings. The normalized spacial score (nSPS) is 16.3. The Labute approximate surface area is 258 Å². The maximum Gasteiger partial charge on any atom is 0.410 e. The van der Waals surface area contributed by atoms with E-state index in [0.717, 1.165) is 23.4 Å². The van der Waals surface area contributed by atoms with Crippen molar-refractivity contribution >= 4 is 23.6 Å². The van der Waals surface area contributed by atoms with Gasteiger partial charge in [0.15, 0.2) is 0 Å². The highest BCUT2D eigenvalue weighted by Crippen LogP contribution is 2.42. The molecule has 1 fully saturated rings. The average Bonchev–Trinajstić information content (AvgIpc) is 3.56. The number of carbonyl (C=O) groups is 2. The van der Waals surface area contributed by atoms with E-state index in [0.29, 0.717) is 38.2 Å². The van der Waals surface area contributed by atoms with Crippen LogP contribution in [0.2, 0.25) is 0 Å². The summed E-state index contributed by atoms with van der Waals surface area (Å²) in [6, 6.07) is 14.7. The zero-order valence-corrected chi connectivity index (χ0v) is 26.6. The molecule has 2 unspecified atom stereocenters. The quantitative estimate of drug-likeness (QED) is 0.243. The molecular weight excluding hydrogens is 572 g/mol. The molecule has 2 atom stereocenters. The van der Waals surface area contributed by atoms with Crippen molar-refractivity contribution in [1.29, 1.82) is 0 Å². The van der Waals surface area contributed by atoms with Gasteiger partial charge in [-0.1, -0.05) is 51.1 Å². The second kappa shape index (κ2) is 13.1. The van der Waals surface area contributed by atoms with Crippen molar-refractivity contribution in [3.8, 4) is 11.1 Å². The molecule has 2 heterocycles. The van der Waals surface area contributed by atoms with Crippen LogP contribution >= 0.6 is 11.6 Å². The number of benzene rings is 2. The van der Waals surface area contributed by atoms with Gasteiger partial charge in [0.05, 0.1) is 6.04 Å². The molecule has 6 nitrogen and oxygen atoms in total. The molecule has 232 valence electrons. The Morgan fingerprint density at radius 2 is 1.74 bits per heavy atom. The van der Waals surface area contributed by atoms with Crippen LogP contribution in [0.4, 0.5) is 13.6 Å². The molecule has 1 aliphatic heterocycles. The molecule has 0 N–H and O–H groups in total. The highest BCUT2D eigenvalue weighted by Gasteiger charge is 2.40. The van der Waals surface area contributed by atoms with E-state index in [-0.39, 0.29) is 29.4 Å². The number of rotatable bonds is 8. The molecule has 1 saturated heterocycles. The third-order valence-corrected chi connectivity index (χ3v) is 7.83. The predicted molar refractivity (Wildman–Crippen MR) is 166 cm³/mol. The van der Waals surface area contributed by atoms with Crippen molar-refractivity contribution in [1.82, 2.24) is 14.4 Å². The van der Waals surface area contributed by atoms with Gasteiger partial charge in [-0.25, -0.2) is 13.6 Å². The zero-order valence-electron chi connectivity index (χ0n) is 25.9. The number of halogens is 3. The first-order valence-corrected chi connectivity index (χ1v) is 15.2. The van der Waals surface area contributed by atoms with Crippen molar-refractivity contribution in [3.05, 3.63) is 83.7 Å². The Bertz CT molecular complexity index is 1430. The number of hydrogen-bond acceptors (Lipinski definition) is 3. The van der Waals surface area contributed by atoms with E-state index < -0.39 is 28.7 Å². The molecule has 3 aromatic rings. The van der Waals surface area contributed by atoms with Crippen molar-refractivity contribution in [2.24, 2.45) is 11.3 Å². The maximum atomic E-state index is 15.0. The summed E-state index contributed by atoms with van der Waals surface area (Å²) in [7, 11) is 0. The summed E-state index contributed by atoms with van der Waals surface area (Å²) in [6.45, 7) is 13.5. The van der Waals surface area contributed by atoms with Gasteiger partial charge in [0, 0.05) is 49.2 Å². The van der Waals surface area contributed by atoms with Crippen molar-refractivity contribution < 1.29 is 23.1 Å². The molecule has 43 heavy (non-hydrogen) atoms. The minimum absolute atomic E-state index is 0.0159. The minimum Gasteiger partial charge on any atom is -0.444 e. The smallest absolute Gasteiger partial charge is 0.410 e. The van der Waals surface area contributed by atoms with Crippen LogP contribution in [0.3, 0.4) is 0 Å². The van der Waals surface area contributed by atoms with Crippen LogP contribution in [-0.4, -0.2) is 57.5 Å². The van der Waals surface area contributed by atoms with E-state index in [9.17, 15) is 18.4 Å². The fourth-order valence-corrected chi connectivity index (χ4v) is 5.95. The summed E-state index contributed by atoms with van der Waals surface area (Å²) in [5.74, 6) is -1.49. The second-order valence-electron chi connectivity index (χ2n) is 13.4. The van der Waals surface area contributed by atoms with Crippen LogP contribution < -0.4 is 0 Å². The number of amides is 2. The third kappa shape index (κ3) is 8.17. The van der Waals surface area contributed by atoms with Crippen molar-refractivity contribution in [3.63, 3.8) is 0 Å². The number of carbonyl (C=O) groups excluding carboxylic acids is 2. The third-order valence-electron chi connectivity index (χ3n) is 7.60. The summed E-state index contributed by atoms with van der Waals surface area (Å²) in [5, 5.41) is 0. The summed E-state index contributed by atoms with van der Waals surface area (Å²) < 4.78 is 36.8. The largest absolute Gasteiger partial charge is 0.444 e. The van der Waals surface area contributed by atoms with Crippen LogP contribution in [-0.2, 0) is 16.1 Å². The Morgan fingerprint density at radius 1 is 1.05 bits per heavy atom. The molecule has 4 rings (SSSR count). The number of aromatic nitrogens is 1. The van der Waals surface area contributed by atoms with Crippen LogP contribution in [0.25, 0.3) is 11.1 Å². The Kier molecular flexibility index (Phi) is 9.90. The lowest BCUT2D eigenvalue weighted by Crippen LogP contribution is -2.45. The lowest BCUT2D eigenvalue weighted by Gasteiger charge is -2.42. The average molecular weight is 614 g/mol. The molecule has 0 saturated carbocycles. The number of ether oxygens (including phenoxy) is 1. The lowest BCUT2D eigenvalue weighted by molar-refractivity contribution is -0.134. The fraction of sp³-hybridized carbons (Fsp3) is 0.471. The number of hydrogen-bond donors (Lipinski definition) is 0. The molecule has 2 amide bonds. The highest BCUT2D eigenvalue weighted by atomic mass is 35.5. The monoisotopic (exact) mass is 613 g/mol. The van der Waals surface area contributed by atoms with Gasteiger partial charge in [0.25, 0.3) is 0 Å². The summed E-state index contributed by atoms with van der Waals surface area (Å²) in [6.07, 6.45) is 2.17. The van der Waals surface area contributed by atoms with Crippen LogP contribution in [0.5, 0.6) is 0 Å². The molecule has 0 spiro atoms. The van der Waals surface area contributed by atoms with E-state index in [1.807, 2.05) is 67.9 Å². The second-order valence-corrected chi connectivity index (χ2v) is 13.7. The van der Waals surface area contributed by atoms with Crippen LogP contribution in [0.15, 0.2) is 60.8 Å². The van der Waals surface area contributed by atoms with Gasteiger partial charge >= 0.3 is 6.09 Å². The zero-order chi connectivity index (χ0) is 31.5. The highest BCUT2D eigenvalue weighted by molar-refractivity contribution is 6.27. The van der Waals surface area contributed by atoms with Gasteiger partial charge in [-0.15, -0.1) is 11.6 Å².